The normalized spacial score (nSPS) is 11.0. The van der Waals surface area contributed by atoms with E-state index < -0.39 is 11.0 Å². The average Bonchev–Trinajstić information content (AvgIpc) is 3.14. The smallest absolute Gasteiger partial charge is 0.318 e. The first-order valence-corrected chi connectivity index (χ1v) is 12.0. The number of anilines is 1. The number of nitrogens with one attached hydrogen (secondary N) is 2. The second kappa shape index (κ2) is 10.9. The standard InChI is InChI=1S/C27H25N5O3S/c1-18-6-4-5-7-26(18)29-27(33)30-28-17-21-16-19(2)31(20(21)3)22-8-12-24(13-9-22)36-25-14-10-23(11-15-25)32(34)35/h4-17H,1-3H3,(H2,29,30,33). The zero-order valence-electron chi connectivity index (χ0n) is 20.1. The van der Waals surface area contributed by atoms with Gasteiger partial charge in [0.15, 0.2) is 0 Å². The van der Waals surface area contributed by atoms with Crippen molar-refractivity contribution >= 4 is 35.4 Å². The van der Waals surface area contributed by atoms with Crippen LogP contribution >= 0.6 is 11.8 Å². The Morgan fingerprint density at radius 2 is 1.61 bits per heavy atom. The summed E-state index contributed by atoms with van der Waals surface area (Å²) in [4.78, 5) is 24.6. The van der Waals surface area contributed by atoms with Crippen molar-refractivity contribution in [3.05, 3.63) is 111 Å². The Labute approximate surface area is 213 Å². The molecule has 0 radical (unpaired) electrons. The van der Waals surface area contributed by atoms with Crippen molar-refractivity contribution in [1.82, 2.24) is 9.99 Å². The van der Waals surface area contributed by atoms with E-state index in [1.54, 1.807) is 30.1 Å². The Morgan fingerprint density at radius 3 is 2.25 bits per heavy atom. The molecule has 4 aromatic rings. The van der Waals surface area contributed by atoms with Crippen LogP contribution in [0.15, 0.2) is 93.8 Å². The number of aryl methyl sites for hydroxylation is 2. The molecular formula is C27H25N5O3S. The predicted molar refractivity (Wildman–Crippen MR) is 143 cm³/mol. The molecule has 0 saturated carbocycles. The molecule has 0 bridgehead atoms. The van der Waals surface area contributed by atoms with Gasteiger partial charge in [-0.15, -0.1) is 0 Å². The summed E-state index contributed by atoms with van der Waals surface area (Å²) in [7, 11) is 0. The number of nitrogens with zero attached hydrogens (tertiary/aromatic N) is 3. The third-order valence-corrected chi connectivity index (χ3v) is 6.63. The molecule has 3 aromatic carbocycles. The van der Waals surface area contributed by atoms with Crippen LogP contribution in [-0.4, -0.2) is 21.7 Å². The summed E-state index contributed by atoms with van der Waals surface area (Å²) in [5.41, 5.74) is 8.22. The number of hydrogen-bond acceptors (Lipinski definition) is 5. The minimum absolute atomic E-state index is 0.0784. The van der Waals surface area contributed by atoms with E-state index in [4.69, 9.17) is 0 Å². The molecule has 0 aliphatic rings. The van der Waals surface area contributed by atoms with Gasteiger partial charge in [0.25, 0.3) is 5.69 Å². The number of carbonyl (C=O) groups is 1. The van der Waals surface area contributed by atoms with Crippen molar-refractivity contribution in [2.24, 2.45) is 5.10 Å². The Bertz CT molecular complexity index is 1430. The Hall–Kier alpha value is -4.37. The number of rotatable bonds is 7. The lowest BCUT2D eigenvalue weighted by molar-refractivity contribution is -0.384. The Morgan fingerprint density at radius 1 is 0.972 bits per heavy atom. The quantitative estimate of drug-likeness (QED) is 0.169. The van der Waals surface area contributed by atoms with Gasteiger partial charge in [-0.25, -0.2) is 10.2 Å². The summed E-state index contributed by atoms with van der Waals surface area (Å²) >= 11 is 1.54. The monoisotopic (exact) mass is 499 g/mol. The number of carbonyl (C=O) groups excluding carboxylic acids is 1. The van der Waals surface area contributed by atoms with Gasteiger partial charge in [0.05, 0.1) is 11.1 Å². The first kappa shape index (κ1) is 24.7. The molecule has 8 nitrogen and oxygen atoms in total. The van der Waals surface area contributed by atoms with Gasteiger partial charge in [-0.2, -0.15) is 5.10 Å². The summed E-state index contributed by atoms with van der Waals surface area (Å²) < 4.78 is 2.12. The van der Waals surface area contributed by atoms with Crippen LogP contribution < -0.4 is 10.7 Å². The lowest BCUT2D eigenvalue weighted by Crippen LogP contribution is -2.24. The summed E-state index contributed by atoms with van der Waals surface area (Å²) in [5, 5.41) is 17.7. The number of hydrazone groups is 1. The molecule has 0 aliphatic carbocycles. The van der Waals surface area contributed by atoms with Crippen molar-refractivity contribution in [3.63, 3.8) is 0 Å². The predicted octanol–water partition coefficient (Wildman–Crippen LogP) is 6.62. The molecule has 0 atom stereocenters. The SMILES string of the molecule is Cc1ccccc1NC(=O)NN=Cc1cc(C)n(-c2ccc(Sc3ccc([N+](=O)[O-])cc3)cc2)c1C. The molecule has 4 rings (SSSR count). The molecule has 2 N–H and O–H groups in total. The number of aromatic nitrogens is 1. The van der Waals surface area contributed by atoms with Crippen LogP contribution in [0.2, 0.25) is 0 Å². The van der Waals surface area contributed by atoms with E-state index in [2.05, 4.69) is 20.4 Å². The van der Waals surface area contributed by atoms with Crippen LogP contribution in [0.25, 0.3) is 5.69 Å². The Balaban J connectivity index is 1.42. The van der Waals surface area contributed by atoms with E-state index in [9.17, 15) is 14.9 Å². The fourth-order valence-electron chi connectivity index (χ4n) is 3.77. The number of nitro groups is 1. The van der Waals surface area contributed by atoms with E-state index in [1.165, 1.54) is 12.1 Å². The molecule has 1 aromatic heterocycles. The van der Waals surface area contributed by atoms with Crippen LogP contribution in [0.1, 0.15) is 22.5 Å². The molecular weight excluding hydrogens is 474 g/mol. The average molecular weight is 500 g/mol. The molecule has 0 fully saturated rings. The third-order valence-electron chi connectivity index (χ3n) is 5.61. The van der Waals surface area contributed by atoms with Gasteiger partial charge in [-0.05, 0) is 74.9 Å². The van der Waals surface area contributed by atoms with E-state index in [0.29, 0.717) is 0 Å². The molecule has 0 saturated heterocycles. The first-order valence-electron chi connectivity index (χ1n) is 11.2. The fraction of sp³-hybridized carbons (Fsp3) is 0.111. The number of urea groups is 1. The number of benzene rings is 3. The highest BCUT2D eigenvalue weighted by atomic mass is 32.2. The van der Waals surface area contributed by atoms with Crippen molar-refractivity contribution in [2.45, 2.75) is 30.6 Å². The van der Waals surface area contributed by atoms with Gasteiger partial charge in [0.1, 0.15) is 0 Å². The highest BCUT2D eigenvalue weighted by molar-refractivity contribution is 7.99. The molecule has 2 amide bonds. The maximum atomic E-state index is 12.2. The van der Waals surface area contributed by atoms with Gasteiger partial charge in [0.2, 0.25) is 0 Å². The third kappa shape index (κ3) is 5.81. The summed E-state index contributed by atoms with van der Waals surface area (Å²) in [5.74, 6) is 0. The fourth-order valence-corrected chi connectivity index (χ4v) is 4.59. The largest absolute Gasteiger partial charge is 0.339 e. The number of non-ortho nitro benzene ring substituents is 1. The van der Waals surface area contributed by atoms with Crippen LogP contribution in [0.5, 0.6) is 0 Å². The minimum atomic E-state index is -0.407. The van der Waals surface area contributed by atoms with Crippen molar-refractivity contribution in [1.29, 1.82) is 0 Å². The van der Waals surface area contributed by atoms with Crippen molar-refractivity contribution < 1.29 is 9.72 Å². The molecule has 182 valence electrons. The summed E-state index contributed by atoms with van der Waals surface area (Å²) in [6.07, 6.45) is 1.63. The molecule has 0 unspecified atom stereocenters. The van der Waals surface area contributed by atoms with E-state index >= 15 is 0 Å². The second-order valence-corrected chi connectivity index (χ2v) is 9.29. The zero-order valence-corrected chi connectivity index (χ0v) is 20.9. The van der Waals surface area contributed by atoms with Gasteiger partial charge < -0.3 is 9.88 Å². The summed E-state index contributed by atoms with van der Waals surface area (Å²) in [6.45, 7) is 5.94. The number of para-hydroxylation sites is 1. The van der Waals surface area contributed by atoms with E-state index in [1.807, 2.05) is 75.4 Å². The van der Waals surface area contributed by atoms with Gasteiger partial charge in [-0.1, -0.05) is 30.0 Å². The second-order valence-electron chi connectivity index (χ2n) is 8.15. The lowest BCUT2D eigenvalue weighted by atomic mass is 10.2. The van der Waals surface area contributed by atoms with Crippen LogP contribution in [0.3, 0.4) is 0 Å². The van der Waals surface area contributed by atoms with E-state index in [-0.39, 0.29) is 5.69 Å². The zero-order chi connectivity index (χ0) is 25.7. The maximum Gasteiger partial charge on any atom is 0.339 e. The molecule has 1 heterocycles. The van der Waals surface area contributed by atoms with Crippen LogP contribution in [0.4, 0.5) is 16.2 Å². The highest BCUT2D eigenvalue weighted by Gasteiger charge is 2.11. The lowest BCUT2D eigenvalue weighted by Gasteiger charge is -2.10. The number of nitro benzene ring substituents is 1. The van der Waals surface area contributed by atoms with Gasteiger partial charge in [-0.3, -0.25) is 10.1 Å². The number of hydrogen-bond donors (Lipinski definition) is 2. The minimum Gasteiger partial charge on any atom is -0.318 e. The van der Waals surface area contributed by atoms with E-state index in [0.717, 1.165) is 43.7 Å². The molecule has 0 spiro atoms. The van der Waals surface area contributed by atoms with Crippen LogP contribution in [-0.2, 0) is 0 Å². The topological polar surface area (TPSA) is 102 Å². The van der Waals surface area contributed by atoms with Crippen molar-refractivity contribution in [2.75, 3.05) is 5.32 Å². The van der Waals surface area contributed by atoms with Gasteiger partial charge >= 0.3 is 6.03 Å². The number of amides is 2. The molecule has 9 heteroatoms. The first-order chi connectivity index (χ1) is 17.3. The van der Waals surface area contributed by atoms with Crippen LogP contribution in [0, 0.1) is 30.9 Å². The molecule has 36 heavy (non-hydrogen) atoms. The van der Waals surface area contributed by atoms with Crippen molar-refractivity contribution in [3.8, 4) is 5.69 Å². The summed E-state index contributed by atoms with van der Waals surface area (Å²) in [6, 6.07) is 23.8. The maximum absolute atomic E-state index is 12.2. The highest BCUT2D eigenvalue weighted by Crippen LogP contribution is 2.30. The molecule has 0 aliphatic heterocycles. The Kier molecular flexibility index (Phi) is 7.50. The van der Waals surface area contributed by atoms with Gasteiger partial charge in [0, 0.05) is 50.2 Å².